The first-order valence-corrected chi connectivity index (χ1v) is 7.95. The molecule has 0 heteroatoms. The summed E-state index contributed by atoms with van der Waals surface area (Å²) in [6, 6.07) is 24.6. The van der Waals surface area contributed by atoms with Crippen molar-refractivity contribution in [1.82, 2.24) is 0 Å². The Bertz CT molecular complexity index is 1130. The summed E-state index contributed by atoms with van der Waals surface area (Å²) < 4.78 is 0. The maximum Gasteiger partial charge on any atom is -0.00176 e. The van der Waals surface area contributed by atoms with Crippen LogP contribution in [0.25, 0.3) is 43.1 Å². The molecule has 0 aliphatic heterocycles. The fraction of sp³-hybridized carbons (Fsp3) is 0.0909. The van der Waals surface area contributed by atoms with Crippen molar-refractivity contribution in [1.29, 1.82) is 0 Å². The molecule has 0 saturated heterocycles. The van der Waals surface area contributed by atoms with E-state index in [0.29, 0.717) is 0 Å². The second-order valence-electron chi connectivity index (χ2n) is 6.06. The van der Waals surface area contributed by atoms with E-state index in [2.05, 4.69) is 73.7 Å². The summed E-state index contributed by atoms with van der Waals surface area (Å²) in [5.74, 6) is 0. The van der Waals surface area contributed by atoms with Gasteiger partial charge in [0.05, 0.1) is 0 Å². The van der Waals surface area contributed by atoms with Gasteiger partial charge in [0, 0.05) is 0 Å². The van der Waals surface area contributed by atoms with E-state index in [0.717, 1.165) is 6.42 Å². The zero-order chi connectivity index (χ0) is 14.7. The van der Waals surface area contributed by atoms with Crippen molar-refractivity contribution in [3.05, 3.63) is 72.3 Å². The Morgan fingerprint density at radius 2 is 1.23 bits per heavy atom. The lowest BCUT2D eigenvalue weighted by molar-refractivity contribution is 1.18. The average Bonchev–Trinajstić information content (AvgIpc) is 2.59. The molecule has 0 aliphatic carbocycles. The Labute approximate surface area is 129 Å². The molecule has 0 aromatic heterocycles. The van der Waals surface area contributed by atoms with E-state index in [4.69, 9.17) is 0 Å². The number of hydrogen-bond donors (Lipinski definition) is 0. The van der Waals surface area contributed by atoms with Gasteiger partial charge in [0.2, 0.25) is 0 Å². The van der Waals surface area contributed by atoms with Crippen LogP contribution in [0.1, 0.15) is 12.5 Å². The lowest BCUT2D eigenvalue weighted by Crippen LogP contribution is -1.91. The minimum absolute atomic E-state index is 1.06. The molecule has 0 spiro atoms. The summed E-state index contributed by atoms with van der Waals surface area (Å²) in [5.41, 5.74) is 1.47. The van der Waals surface area contributed by atoms with Crippen molar-refractivity contribution < 1.29 is 0 Å². The molecule has 0 N–H and O–H groups in total. The van der Waals surface area contributed by atoms with Gasteiger partial charge in [-0.15, -0.1) is 0 Å². The van der Waals surface area contributed by atoms with Crippen LogP contribution < -0.4 is 0 Å². The molecule has 0 atom stereocenters. The molecular formula is C22H16. The highest BCUT2D eigenvalue weighted by molar-refractivity contribution is 6.30. The first-order valence-electron chi connectivity index (χ1n) is 7.95. The lowest BCUT2D eigenvalue weighted by Gasteiger charge is -2.16. The summed E-state index contributed by atoms with van der Waals surface area (Å²) in [5, 5.41) is 11.1. The topological polar surface area (TPSA) is 0 Å². The van der Waals surface area contributed by atoms with Gasteiger partial charge in [-0.2, -0.15) is 0 Å². The fourth-order valence-corrected chi connectivity index (χ4v) is 4.07. The zero-order valence-corrected chi connectivity index (χ0v) is 12.6. The summed E-state index contributed by atoms with van der Waals surface area (Å²) in [6.07, 6.45) is 1.06. The Hall–Kier alpha value is -2.60. The van der Waals surface area contributed by atoms with E-state index in [9.17, 15) is 0 Å². The molecule has 0 bridgehead atoms. The van der Waals surface area contributed by atoms with Gasteiger partial charge in [0.25, 0.3) is 0 Å². The van der Waals surface area contributed by atoms with Crippen LogP contribution in [-0.2, 0) is 6.42 Å². The molecule has 22 heavy (non-hydrogen) atoms. The zero-order valence-electron chi connectivity index (χ0n) is 12.6. The molecule has 0 fully saturated rings. The first kappa shape index (κ1) is 12.0. The van der Waals surface area contributed by atoms with E-state index in [1.165, 1.54) is 48.7 Å². The number of fused-ring (bicyclic) bond motifs is 2. The number of benzene rings is 5. The molecule has 0 unspecified atom stereocenters. The summed E-state index contributed by atoms with van der Waals surface area (Å²) in [7, 11) is 0. The van der Waals surface area contributed by atoms with E-state index in [1.54, 1.807) is 0 Å². The molecule has 0 amide bonds. The molecule has 0 heterocycles. The standard InChI is InChI=1S/C22H16/c1-2-16-17-8-3-4-9-18(17)20-13-11-15-7-5-6-14-10-12-19(16)22(20)21(14)15/h3-13H,2H2,1H3. The van der Waals surface area contributed by atoms with Crippen LogP contribution in [0.3, 0.4) is 0 Å². The normalized spacial score (nSPS) is 12.0. The number of aryl methyl sites for hydroxylation is 1. The van der Waals surface area contributed by atoms with Gasteiger partial charge in [-0.05, 0) is 55.1 Å². The monoisotopic (exact) mass is 280 g/mol. The molecule has 0 radical (unpaired) electrons. The van der Waals surface area contributed by atoms with Crippen molar-refractivity contribution in [2.24, 2.45) is 0 Å². The van der Waals surface area contributed by atoms with Crippen LogP contribution in [-0.4, -0.2) is 0 Å². The van der Waals surface area contributed by atoms with E-state index in [-0.39, 0.29) is 0 Å². The van der Waals surface area contributed by atoms with Gasteiger partial charge >= 0.3 is 0 Å². The predicted molar refractivity (Wildman–Crippen MR) is 97.0 cm³/mol. The van der Waals surface area contributed by atoms with Crippen molar-refractivity contribution in [3.8, 4) is 0 Å². The van der Waals surface area contributed by atoms with Gasteiger partial charge < -0.3 is 0 Å². The smallest absolute Gasteiger partial charge is 0.00176 e. The van der Waals surface area contributed by atoms with Crippen molar-refractivity contribution in [2.45, 2.75) is 13.3 Å². The van der Waals surface area contributed by atoms with Gasteiger partial charge in [-0.25, -0.2) is 0 Å². The molecule has 0 aliphatic rings. The Balaban J connectivity index is 2.23. The SMILES string of the molecule is CCc1c2ccccc2c2ccc3cccc4ccc1c2c43. The average molecular weight is 280 g/mol. The molecule has 5 aromatic carbocycles. The molecule has 0 saturated carbocycles. The van der Waals surface area contributed by atoms with Crippen LogP contribution in [0.15, 0.2) is 66.7 Å². The minimum Gasteiger partial charge on any atom is -0.0616 e. The summed E-state index contributed by atoms with van der Waals surface area (Å²) >= 11 is 0. The maximum atomic E-state index is 2.31. The van der Waals surface area contributed by atoms with Crippen LogP contribution in [0.4, 0.5) is 0 Å². The van der Waals surface area contributed by atoms with Gasteiger partial charge in [-0.1, -0.05) is 73.7 Å². The van der Waals surface area contributed by atoms with Gasteiger partial charge in [-0.3, -0.25) is 0 Å². The largest absolute Gasteiger partial charge is 0.0616 e. The van der Waals surface area contributed by atoms with Crippen molar-refractivity contribution in [2.75, 3.05) is 0 Å². The highest BCUT2D eigenvalue weighted by atomic mass is 14.2. The third kappa shape index (κ3) is 1.37. The second kappa shape index (κ2) is 4.20. The molecular weight excluding hydrogens is 264 g/mol. The minimum atomic E-state index is 1.06. The highest BCUT2D eigenvalue weighted by Crippen LogP contribution is 2.40. The molecule has 104 valence electrons. The summed E-state index contributed by atoms with van der Waals surface area (Å²) in [4.78, 5) is 0. The van der Waals surface area contributed by atoms with E-state index < -0.39 is 0 Å². The number of rotatable bonds is 1. The molecule has 5 rings (SSSR count). The second-order valence-corrected chi connectivity index (χ2v) is 6.06. The first-order chi connectivity index (χ1) is 10.9. The predicted octanol–water partition coefficient (Wildman–Crippen LogP) is 6.30. The Morgan fingerprint density at radius 3 is 1.95 bits per heavy atom. The Kier molecular flexibility index (Phi) is 2.29. The number of hydrogen-bond acceptors (Lipinski definition) is 0. The Morgan fingerprint density at radius 1 is 0.545 bits per heavy atom. The molecule has 0 nitrogen and oxygen atoms in total. The highest BCUT2D eigenvalue weighted by Gasteiger charge is 2.14. The van der Waals surface area contributed by atoms with Crippen LogP contribution in [0.5, 0.6) is 0 Å². The van der Waals surface area contributed by atoms with Gasteiger partial charge in [0.15, 0.2) is 0 Å². The quantitative estimate of drug-likeness (QED) is 0.250. The maximum absolute atomic E-state index is 2.31. The van der Waals surface area contributed by atoms with Crippen LogP contribution in [0, 0.1) is 0 Å². The van der Waals surface area contributed by atoms with Crippen molar-refractivity contribution in [3.63, 3.8) is 0 Å². The fourth-order valence-electron chi connectivity index (χ4n) is 4.07. The summed E-state index contributed by atoms with van der Waals surface area (Å²) in [6.45, 7) is 2.26. The van der Waals surface area contributed by atoms with Crippen LogP contribution in [0.2, 0.25) is 0 Å². The third-order valence-electron chi connectivity index (χ3n) is 5.00. The lowest BCUT2D eigenvalue weighted by atomic mass is 9.87. The van der Waals surface area contributed by atoms with E-state index >= 15 is 0 Å². The van der Waals surface area contributed by atoms with Crippen molar-refractivity contribution >= 4 is 43.1 Å². The molecule has 5 aromatic rings. The van der Waals surface area contributed by atoms with Crippen LogP contribution >= 0.6 is 0 Å². The van der Waals surface area contributed by atoms with E-state index in [1.807, 2.05) is 0 Å². The third-order valence-corrected chi connectivity index (χ3v) is 5.00. The van der Waals surface area contributed by atoms with Gasteiger partial charge in [0.1, 0.15) is 0 Å².